The van der Waals surface area contributed by atoms with Crippen molar-refractivity contribution in [2.75, 3.05) is 24.9 Å². The van der Waals surface area contributed by atoms with Crippen LogP contribution in [0, 0.1) is 0 Å². The number of benzene rings is 2. The predicted octanol–water partition coefficient (Wildman–Crippen LogP) is 2.77. The van der Waals surface area contributed by atoms with Crippen molar-refractivity contribution in [2.24, 2.45) is 0 Å². The second-order valence-electron chi connectivity index (χ2n) is 4.72. The fourth-order valence-corrected chi connectivity index (χ4v) is 1.98. The number of para-hydroxylation sites is 2. The van der Waals surface area contributed by atoms with Crippen molar-refractivity contribution in [3.8, 4) is 0 Å². The zero-order valence-electron chi connectivity index (χ0n) is 13.4. The molecule has 2 rings (SSSR count). The monoisotopic (exact) mass is 326 g/mol. The van der Waals surface area contributed by atoms with E-state index in [-0.39, 0.29) is 11.4 Å². The molecule has 124 valence electrons. The number of hydrogen-bond acceptors (Lipinski definition) is 6. The molecule has 0 heterocycles. The summed E-state index contributed by atoms with van der Waals surface area (Å²) in [5.74, 6) is -1.43. The lowest BCUT2D eigenvalue weighted by molar-refractivity contribution is -0.144. The Bertz CT molecular complexity index is 666. The van der Waals surface area contributed by atoms with Crippen molar-refractivity contribution in [1.29, 1.82) is 0 Å². The van der Waals surface area contributed by atoms with Crippen molar-refractivity contribution in [3.63, 3.8) is 0 Å². The minimum Gasteiger partial charge on any atom is -0.465 e. The number of carbonyl (C=O) groups excluding carboxylic acids is 2. The van der Waals surface area contributed by atoms with Gasteiger partial charge in [0.2, 0.25) is 0 Å². The highest BCUT2D eigenvalue weighted by molar-refractivity contribution is 6.15. The van der Waals surface area contributed by atoms with Gasteiger partial charge in [-0.25, -0.2) is 9.59 Å². The van der Waals surface area contributed by atoms with Gasteiger partial charge in [0.25, 0.3) is 0 Å². The molecule has 6 heteroatoms. The van der Waals surface area contributed by atoms with E-state index in [9.17, 15) is 9.59 Å². The second-order valence-corrected chi connectivity index (χ2v) is 4.72. The highest BCUT2D eigenvalue weighted by Crippen LogP contribution is 2.17. The van der Waals surface area contributed by atoms with Crippen LogP contribution in [0.2, 0.25) is 0 Å². The molecule has 0 saturated carbocycles. The summed E-state index contributed by atoms with van der Waals surface area (Å²) in [7, 11) is 2.40. The van der Waals surface area contributed by atoms with E-state index in [1.54, 1.807) is 24.3 Å². The molecule has 0 saturated heterocycles. The van der Waals surface area contributed by atoms with Gasteiger partial charge < -0.3 is 20.1 Å². The van der Waals surface area contributed by atoms with Gasteiger partial charge >= 0.3 is 11.9 Å². The molecule has 6 nitrogen and oxygen atoms in total. The number of esters is 2. The van der Waals surface area contributed by atoms with Gasteiger partial charge in [-0.2, -0.15) is 0 Å². The summed E-state index contributed by atoms with van der Waals surface area (Å²) in [5.41, 5.74) is 1.13. The fourth-order valence-electron chi connectivity index (χ4n) is 1.98. The molecule has 2 aromatic rings. The molecule has 0 fully saturated rings. The number of carbonyl (C=O) groups is 2. The topological polar surface area (TPSA) is 76.7 Å². The molecule has 2 aromatic carbocycles. The number of hydrogen-bond donors (Lipinski definition) is 2. The van der Waals surface area contributed by atoms with Gasteiger partial charge in [0.15, 0.2) is 5.57 Å². The first-order valence-corrected chi connectivity index (χ1v) is 7.20. The lowest BCUT2D eigenvalue weighted by Gasteiger charge is -2.17. The summed E-state index contributed by atoms with van der Waals surface area (Å²) in [6.45, 7) is 0. The van der Waals surface area contributed by atoms with Crippen LogP contribution < -0.4 is 10.6 Å². The third-order valence-corrected chi connectivity index (χ3v) is 3.12. The summed E-state index contributed by atoms with van der Waals surface area (Å²) in [4.78, 5) is 24.1. The summed E-state index contributed by atoms with van der Waals surface area (Å²) in [6.07, 6.45) is 0. The molecule has 0 aliphatic rings. The Kier molecular flexibility index (Phi) is 5.96. The Hall–Kier alpha value is -3.28. The Morgan fingerprint density at radius 2 is 1.08 bits per heavy atom. The first-order chi connectivity index (χ1) is 11.7. The highest BCUT2D eigenvalue weighted by Gasteiger charge is 2.26. The minimum atomic E-state index is -0.802. The van der Waals surface area contributed by atoms with E-state index in [0.717, 1.165) is 0 Å². The van der Waals surface area contributed by atoms with E-state index >= 15 is 0 Å². The first kappa shape index (κ1) is 17.1. The Morgan fingerprint density at radius 3 is 1.42 bits per heavy atom. The first-order valence-electron chi connectivity index (χ1n) is 7.20. The summed E-state index contributed by atoms with van der Waals surface area (Å²) in [5, 5.41) is 6.05. The van der Waals surface area contributed by atoms with Gasteiger partial charge in [0.05, 0.1) is 14.2 Å². The van der Waals surface area contributed by atoms with Gasteiger partial charge in [0, 0.05) is 11.4 Å². The third kappa shape index (κ3) is 4.36. The molecule has 0 aliphatic carbocycles. The molecule has 0 aliphatic heterocycles. The number of methoxy groups -OCH3 is 2. The maximum absolute atomic E-state index is 12.1. The highest BCUT2D eigenvalue weighted by atomic mass is 16.5. The van der Waals surface area contributed by atoms with Gasteiger partial charge in [-0.1, -0.05) is 36.4 Å². The number of nitrogens with one attached hydrogen (secondary N) is 2. The molecular weight excluding hydrogens is 308 g/mol. The molecule has 24 heavy (non-hydrogen) atoms. The van der Waals surface area contributed by atoms with E-state index in [1.165, 1.54) is 14.2 Å². The minimum absolute atomic E-state index is 0.172. The molecule has 0 aromatic heterocycles. The number of anilines is 2. The van der Waals surface area contributed by atoms with Gasteiger partial charge in [0.1, 0.15) is 5.82 Å². The average Bonchev–Trinajstić information content (AvgIpc) is 2.63. The SMILES string of the molecule is COC(=O)C(C(=O)OC)=C(Nc1ccccc1)Nc1ccccc1. The van der Waals surface area contributed by atoms with Crippen LogP contribution >= 0.6 is 0 Å². The Morgan fingerprint density at radius 1 is 0.708 bits per heavy atom. The standard InChI is InChI=1S/C18H18N2O4/c1-23-17(21)15(18(22)24-2)16(19-13-9-5-3-6-10-13)20-14-11-7-4-8-12-14/h3-12,19-20H,1-2H3. The van der Waals surface area contributed by atoms with Crippen LogP contribution in [-0.4, -0.2) is 26.2 Å². The Balaban J connectivity index is 2.47. The molecule has 0 radical (unpaired) electrons. The average molecular weight is 326 g/mol. The molecule has 0 unspecified atom stereocenters. The fraction of sp³-hybridized carbons (Fsp3) is 0.111. The van der Waals surface area contributed by atoms with Crippen molar-refractivity contribution in [3.05, 3.63) is 72.1 Å². The lowest BCUT2D eigenvalue weighted by atomic mass is 10.2. The van der Waals surface area contributed by atoms with Gasteiger partial charge in [-0.15, -0.1) is 0 Å². The zero-order chi connectivity index (χ0) is 17.4. The van der Waals surface area contributed by atoms with Crippen molar-refractivity contribution >= 4 is 23.3 Å². The van der Waals surface area contributed by atoms with Crippen molar-refractivity contribution in [2.45, 2.75) is 0 Å². The van der Waals surface area contributed by atoms with Crippen LogP contribution in [0.4, 0.5) is 11.4 Å². The predicted molar refractivity (Wildman–Crippen MR) is 91.2 cm³/mol. The molecule has 0 bridgehead atoms. The van der Waals surface area contributed by atoms with Crippen LogP contribution in [0.25, 0.3) is 0 Å². The van der Waals surface area contributed by atoms with E-state index < -0.39 is 11.9 Å². The maximum atomic E-state index is 12.1. The molecule has 0 spiro atoms. The van der Waals surface area contributed by atoms with Crippen LogP contribution in [0.15, 0.2) is 72.1 Å². The third-order valence-electron chi connectivity index (χ3n) is 3.12. The van der Waals surface area contributed by atoms with Gasteiger partial charge in [-0.3, -0.25) is 0 Å². The largest absolute Gasteiger partial charge is 0.465 e. The van der Waals surface area contributed by atoms with Crippen LogP contribution in [0.1, 0.15) is 0 Å². The maximum Gasteiger partial charge on any atom is 0.349 e. The lowest BCUT2D eigenvalue weighted by Crippen LogP contribution is -2.24. The number of rotatable bonds is 6. The normalized spacial score (nSPS) is 9.58. The smallest absolute Gasteiger partial charge is 0.349 e. The molecule has 0 atom stereocenters. The van der Waals surface area contributed by atoms with E-state index in [4.69, 9.17) is 9.47 Å². The van der Waals surface area contributed by atoms with Crippen molar-refractivity contribution in [1.82, 2.24) is 0 Å². The zero-order valence-corrected chi connectivity index (χ0v) is 13.4. The Labute approximate surface area is 140 Å². The molecule has 0 amide bonds. The summed E-state index contributed by atoms with van der Waals surface area (Å²) >= 11 is 0. The van der Waals surface area contributed by atoms with Crippen molar-refractivity contribution < 1.29 is 19.1 Å². The van der Waals surface area contributed by atoms with E-state index in [1.807, 2.05) is 36.4 Å². The van der Waals surface area contributed by atoms with Crippen LogP contribution in [0.5, 0.6) is 0 Å². The summed E-state index contributed by atoms with van der Waals surface area (Å²) < 4.78 is 9.43. The van der Waals surface area contributed by atoms with Crippen LogP contribution in [-0.2, 0) is 19.1 Å². The van der Waals surface area contributed by atoms with E-state index in [2.05, 4.69) is 10.6 Å². The van der Waals surface area contributed by atoms with Crippen LogP contribution in [0.3, 0.4) is 0 Å². The summed E-state index contributed by atoms with van der Waals surface area (Å²) in [6, 6.07) is 18.3. The molecular formula is C18H18N2O4. The quantitative estimate of drug-likeness (QED) is 0.368. The molecule has 2 N–H and O–H groups in total. The van der Waals surface area contributed by atoms with E-state index in [0.29, 0.717) is 11.4 Å². The van der Waals surface area contributed by atoms with Gasteiger partial charge in [-0.05, 0) is 24.3 Å². The number of ether oxygens (including phenoxy) is 2. The second kappa shape index (κ2) is 8.38.